The van der Waals surface area contributed by atoms with Crippen LogP contribution in [0.2, 0.25) is 0 Å². The number of anilines is 2. The molecule has 3 aromatic carbocycles. The number of benzene rings is 3. The monoisotopic (exact) mass is 428 g/mol. The molecule has 1 saturated carbocycles. The molecular weight excluding hydrogens is 396 g/mol. The lowest BCUT2D eigenvalue weighted by Crippen LogP contribution is -2.27. The van der Waals surface area contributed by atoms with Gasteiger partial charge in [-0.2, -0.15) is 0 Å². The highest BCUT2D eigenvalue weighted by Gasteiger charge is 2.15. The molecule has 0 spiro atoms. The third-order valence-electron chi connectivity index (χ3n) is 6.12. The highest BCUT2D eigenvalue weighted by molar-refractivity contribution is 6.00. The summed E-state index contributed by atoms with van der Waals surface area (Å²) in [7, 11) is 0. The van der Waals surface area contributed by atoms with Gasteiger partial charge in [0, 0.05) is 12.2 Å². The first-order chi connectivity index (χ1) is 15.8. The van der Waals surface area contributed by atoms with Gasteiger partial charge in [-0.1, -0.05) is 74.6 Å². The van der Waals surface area contributed by atoms with E-state index in [1.807, 2.05) is 78.9 Å². The van der Waals surface area contributed by atoms with E-state index in [0.29, 0.717) is 12.2 Å². The molecule has 0 heterocycles. The number of nitrogens with one attached hydrogen (secondary N) is 2. The average molecular weight is 429 g/mol. The van der Waals surface area contributed by atoms with E-state index >= 15 is 0 Å². The largest absolute Gasteiger partial charge is 0.489 e. The quantitative estimate of drug-likeness (QED) is 0.398. The van der Waals surface area contributed by atoms with Crippen LogP contribution in [0.3, 0.4) is 0 Å². The molecule has 0 aromatic heterocycles. The van der Waals surface area contributed by atoms with Gasteiger partial charge in [-0.05, 0) is 54.3 Å². The minimum Gasteiger partial charge on any atom is -0.489 e. The van der Waals surface area contributed by atoms with Crippen LogP contribution >= 0.6 is 0 Å². The van der Waals surface area contributed by atoms with Gasteiger partial charge in [0.15, 0.2) is 0 Å². The molecule has 166 valence electrons. The second-order valence-electron chi connectivity index (χ2n) is 8.52. The fourth-order valence-corrected chi connectivity index (χ4v) is 4.28. The topological polar surface area (TPSA) is 50.4 Å². The summed E-state index contributed by atoms with van der Waals surface area (Å²) in [6, 6.07) is 25.6. The molecule has 3 aromatic rings. The van der Waals surface area contributed by atoms with Crippen molar-refractivity contribution in [3.05, 3.63) is 90.0 Å². The number of ether oxygens (including phenoxy) is 1. The van der Waals surface area contributed by atoms with E-state index in [4.69, 9.17) is 4.74 Å². The highest BCUT2D eigenvalue weighted by atomic mass is 16.5. The minimum atomic E-state index is -0.0216. The predicted molar refractivity (Wildman–Crippen MR) is 130 cm³/mol. The van der Waals surface area contributed by atoms with Gasteiger partial charge in [-0.15, -0.1) is 0 Å². The normalized spacial score (nSPS) is 14.0. The molecule has 0 atom stereocenters. The molecule has 0 bridgehead atoms. The Morgan fingerprint density at radius 2 is 1.56 bits per heavy atom. The highest BCUT2D eigenvalue weighted by Crippen LogP contribution is 2.26. The average Bonchev–Trinajstić information content (AvgIpc) is 2.85. The first-order valence-corrected chi connectivity index (χ1v) is 11.7. The van der Waals surface area contributed by atoms with E-state index in [-0.39, 0.29) is 5.91 Å². The fraction of sp³-hybridized carbons (Fsp3) is 0.321. The number of amides is 1. The van der Waals surface area contributed by atoms with Crippen molar-refractivity contribution in [3.63, 3.8) is 0 Å². The smallest absolute Gasteiger partial charge is 0.253 e. The van der Waals surface area contributed by atoms with Crippen LogP contribution in [-0.4, -0.2) is 12.5 Å². The summed E-state index contributed by atoms with van der Waals surface area (Å²) >= 11 is 0. The molecule has 1 amide bonds. The standard InChI is InChI=1S/C28H32N2O2/c31-28(29-20-19-22-9-3-1-4-10-22)26-13-7-8-14-27(26)30-24-15-17-25(18-16-24)32-21-23-11-5-2-6-12-23/h2,5-8,11-18,22,30H,1,3-4,9-10,19-21H2,(H,29,31). The molecule has 0 unspecified atom stereocenters. The zero-order chi connectivity index (χ0) is 22.0. The Morgan fingerprint density at radius 3 is 2.34 bits per heavy atom. The van der Waals surface area contributed by atoms with Crippen molar-refractivity contribution < 1.29 is 9.53 Å². The van der Waals surface area contributed by atoms with Gasteiger partial charge in [0.25, 0.3) is 5.91 Å². The van der Waals surface area contributed by atoms with E-state index in [2.05, 4.69) is 10.6 Å². The second kappa shape index (κ2) is 11.4. The zero-order valence-corrected chi connectivity index (χ0v) is 18.6. The van der Waals surface area contributed by atoms with Gasteiger partial charge in [0.05, 0.1) is 11.3 Å². The molecular formula is C28H32N2O2. The van der Waals surface area contributed by atoms with Crippen LogP contribution in [-0.2, 0) is 6.61 Å². The summed E-state index contributed by atoms with van der Waals surface area (Å²) in [5.41, 5.74) is 3.53. The van der Waals surface area contributed by atoms with Gasteiger partial charge in [-0.3, -0.25) is 4.79 Å². The number of para-hydroxylation sites is 1. The van der Waals surface area contributed by atoms with Crippen LogP contribution < -0.4 is 15.4 Å². The fourth-order valence-electron chi connectivity index (χ4n) is 4.28. The lowest BCUT2D eigenvalue weighted by atomic mass is 9.87. The summed E-state index contributed by atoms with van der Waals surface area (Å²) in [6.45, 7) is 1.28. The second-order valence-corrected chi connectivity index (χ2v) is 8.52. The first-order valence-electron chi connectivity index (χ1n) is 11.7. The maximum atomic E-state index is 12.8. The number of carbonyl (C=O) groups excluding carboxylic acids is 1. The van der Waals surface area contributed by atoms with Crippen LogP contribution in [0.4, 0.5) is 11.4 Å². The summed E-state index contributed by atoms with van der Waals surface area (Å²) in [4.78, 5) is 12.8. The van der Waals surface area contributed by atoms with Gasteiger partial charge < -0.3 is 15.4 Å². The Bertz CT molecular complexity index is 980. The molecule has 0 aliphatic heterocycles. The predicted octanol–water partition coefficient (Wildman–Crippen LogP) is 6.71. The van der Waals surface area contributed by atoms with Crippen LogP contribution in [0.5, 0.6) is 5.75 Å². The lowest BCUT2D eigenvalue weighted by Gasteiger charge is -2.21. The van der Waals surface area contributed by atoms with Crippen molar-refractivity contribution in [3.8, 4) is 5.75 Å². The van der Waals surface area contributed by atoms with Crippen molar-refractivity contribution in [2.45, 2.75) is 45.1 Å². The molecule has 0 radical (unpaired) electrons. The molecule has 4 nitrogen and oxygen atoms in total. The molecule has 32 heavy (non-hydrogen) atoms. The summed E-state index contributed by atoms with van der Waals surface area (Å²) in [6.07, 6.45) is 7.72. The van der Waals surface area contributed by atoms with Crippen LogP contribution in [0.1, 0.15) is 54.4 Å². The number of hydrogen-bond donors (Lipinski definition) is 2. The van der Waals surface area contributed by atoms with E-state index < -0.39 is 0 Å². The Morgan fingerprint density at radius 1 is 0.844 bits per heavy atom. The number of hydrogen-bond acceptors (Lipinski definition) is 3. The van der Waals surface area contributed by atoms with E-state index in [1.54, 1.807) is 0 Å². The summed E-state index contributed by atoms with van der Waals surface area (Å²) < 4.78 is 5.86. The van der Waals surface area contributed by atoms with Gasteiger partial charge in [0.1, 0.15) is 12.4 Å². The Balaban J connectivity index is 1.31. The molecule has 4 heteroatoms. The van der Waals surface area contributed by atoms with E-state index in [9.17, 15) is 4.79 Å². The number of carbonyl (C=O) groups is 1. The maximum Gasteiger partial charge on any atom is 0.253 e. The van der Waals surface area contributed by atoms with Gasteiger partial charge >= 0.3 is 0 Å². The van der Waals surface area contributed by atoms with Crippen LogP contribution in [0, 0.1) is 5.92 Å². The van der Waals surface area contributed by atoms with E-state index in [0.717, 1.165) is 41.6 Å². The van der Waals surface area contributed by atoms with Crippen molar-refractivity contribution >= 4 is 17.3 Å². The van der Waals surface area contributed by atoms with Gasteiger partial charge in [-0.25, -0.2) is 0 Å². The lowest BCUT2D eigenvalue weighted by molar-refractivity contribution is 0.0951. The maximum absolute atomic E-state index is 12.8. The molecule has 1 aliphatic carbocycles. The van der Waals surface area contributed by atoms with Gasteiger partial charge in [0.2, 0.25) is 0 Å². The van der Waals surface area contributed by atoms with Crippen molar-refractivity contribution in [1.82, 2.24) is 5.32 Å². The third kappa shape index (κ3) is 6.36. The zero-order valence-electron chi connectivity index (χ0n) is 18.6. The third-order valence-corrected chi connectivity index (χ3v) is 6.12. The molecule has 1 aliphatic rings. The molecule has 4 rings (SSSR count). The van der Waals surface area contributed by atoms with Crippen molar-refractivity contribution in [1.29, 1.82) is 0 Å². The molecule has 2 N–H and O–H groups in total. The van der Waals surface area contributed by atoms with Crippen molar-refractivity contribution in [2.75, 3.05) is 11.9 Å². The SMILES string of the molecule is O=C(NCCC1CCCCC1)c1ccccc1Nc1ccc(OCc2ccccc2)cc1. The summed E-state index contributed by atoms with van der Waals surface area (Å²) in [5.74, 6) is 1.56. The Kier molecular flexibility index (Phi) is 7.80. The number of rotatable bonds is 9. The molecule has 0 saturated heterocycles. The van der Waals surface area contributed by atoms with E-state index in [1.165, 1.54) is 32.1 Å². The van der Waals surface area contributed by atoms with Crippen molar-refractivity contribution in [2.24, 2.45) is 5.92 Å². The van der Waals surface area contributed by atoms with Crippen LogP contribution in [0.15, 0.2) is 78.9 Å². The van der Waals surface area contributed by atoms with Crippen LogP contribution in [0.25, 0.3) is 0 Å². The first kappa shape index (κ1) is 21.9. The summed E-state index contributed by atoms with van der Waals surface area (Å²) in [5, 5.41) is 6.49. The molecule has 1 fully saturated rings. The minimum absolute atomic E-state index is 0.0216. The Labute approximate surface area is 191 Å². The Hall–Kier alpha value is -3.27.